The Morgan fingerprint density at radius 1 is 1.17 bits per heavy atom. The lowest BCUT2D eigenvalue weighted by Gasteiger charge is -2.04. The number of sulfone groups is 1. The number of aryl methyl sites for hydroxylation is 1. The molecule has 3 aromatic rings. The van der Waals surface area contributed by atoms with Crippen LogP contribution in [-0.2, 0) is 26.8 Å². The highest BCUT2D eigenvalue weighted by molar-refractivity contribution is 7.91. The second kappa shape index (κ2) is 8.80. The molecule has 2 aromatic carbocycles. The van der Waals surface area contributed by atoms with Crippen molar-refractivity contribution in [3.05, 3.63) is 70.6 Å². The van der Waals surface area contributed by atoms with Gasteiger partial charge in [-0.25, -0.2) is 13.4 Å². The summed E-state index contributed by atoms with van der Waals surface area (Å²) in [5.74, 6) is -0.0524. The van der Waals surface area contributed by atoms with Gasteiger partial charge in [0.2, 0.25) is 5.89 Å². The zero-order chi connectivity index (χ0) is 21.0. The zero-order valence-electron chi connectivity index (χ0n) is 16.0. The number of hydrogen-bond donors (Lipinski definition) is 0. The van der Waals surface area contributed by atoms with Crippen LogP contribution < -0.4 is 4.74 Å². The molecule has 0 atom stereocenters. The van der Waals surface area contributed by atoms with E-state index in [1.165, 1.54) is 0 Å². The van der Waals surface area contributed by atoms with Crippen LogP contribution >= 0.6 is 11.6 Å². The molecule has 29 heavy (non-hydrogen) atoms. The van der Waals surface area contributed by atoms with Crippen LogP contribution in [0, 0.1) is 6.92 Å². The van der Waals surface area contributed by atoms with E-state index in [1.54, 1.807) is 62.6 Å². The van der Waals surface area contributed by atoms with Crippen LogP contribution in [0.25, 0.3) is 11.5 Å². The van der Waals surface area contributed by atoms with Crippen molar-refractivity contribution in [2.45, 2.75) is 19.1 Å². The highest BCUT2D eigenvalue weighted by Crippen LogP contribution is 2.26. The fourth-order valence-electron chi connectivity index (χ4n) is 2.85. The highest BCUT2D eigenvalue weighted by Gasteiger charge is 2.22. The van der Waals surface area contributed by atoms with E-state index in [1.807, 2.05) is 0 Å². The van der Waals surface area contributed by atoms with Gasteiger partial charge in [-0.1, -0.05) is 35.9 Å². The molecule has 0 aliphatic heterocycles. The lowest BCUT2D eigenvalue weighted by Crippen LogP contribution is -2.20. The van der Waals surface area contributed by atoms with Crippen LogP contribution in [0.3, 0.4) is 0 Å². The number of hydrogen-bond acceptors (Lipinski definition) is 6. The van der Waals surface area contributed by atoms with Gasteiger partial charge in [0, 0.05) is 17.0 Å². The van der Waals surface area contributed by atoms with E-state index >= 15 is 0 Å². The molecule has 8 heteroatoms. The van der Waals surface area contributed by atoms with E-state index in [2.05, 4.69) is 4.98 Å². The fourth-order valence-corrected chi connectivity index (χ4v) is 4.43. The van der Waals surface area contributed by atoms with Gasteiger partial charge in [-0.3, -0.25) is 4.79 Å². The molecule has 0 spiro atoms. The normalized spacial score (nSPS) is 11.4. The van der Waals surface area contributed by atoms with Gasteiger partial charge in [-0.05, 0) is 36.8 Å². The second-order valence-electron chi connectivity index (χ2n) is 6.59. The number of ether oxygens (including phenoxy) is 1. The Bertz CT molecular complexity index is 1140. The molecule has 6 nitrogen and oxygen atoms in total. The molecular formula is C21H20ClNO5S. The monoisotopic (exact) mass is 433 g/mol. The third-order valence-electron chi connectivity index (χ3n) is 4.29. The third kappa shape index (κ3) is 5.46. The van der Waals surface area contributed by atoms with Gasteiger partial charge in [0.1, 0.15) is 17.3 Å². The molecule has 3 rings (SSSR count). The molecule has 0 aliphatic carbocycles. The standard InChI is InChI=1S/C21H20ClNO5S/c1-14-20(23-21(28-14)16-7-5-8-18(11-16)27-2)13-29(25,26)12-17(24)10-15-6-3-4-9-19(15)22/h3-9,11H,10,12-13H2,1-2H3. The van der Waals surface area contributed by atoms with Crippen molar-refractivity contribution in [2.75, 3.05) is 12.9 Å². The molecule has 0 N–H and O–H groups in total. The fraction of sp³-hybridized carbons (Fsp3) is 0.238. The molecule has 0 saturated heterocycles. The first-order valence-corrected chi connectivity index (χ1v) is 11.0. The Morgan fingerprint density at radius 2 is 1.93 bits per heavy atom. The molecule has 1 aromatic heterocycles. The summed E-state index contributed by atoms with van der Waals surface area (Å²) in [6, 6.07) is 14.0. The van der Waals surface area contributed by atoms with E-state index in [0.717, 1.165) is 0 Å². The van der Waals surface area contributed by atoms with Gasteiger partial charge in [-0.2, -0.15) is 0 Å². The molecule has 0 saturated carbocycles. The van der Waals surface area contributed by atoms with E-state index in [9.17, 15) is 13.2 Å². The number of methoxy groups -OCH3 is 1. The van der Waals surface area contributed by atoms with Crippen LogP contribution in [-0.4, -0.2) is 32.0 Å². The number of Topliss-reactive ketones (excluding diaryl/α,β-unsaturated/α-hetero) is 1. The minimum atomic E-state index is -3.71. The summed E-state index contributed by atoms with van der Waals surface area (Å²) in [5, 5.41) is 0.438. The average Bonchev–Trinajstić information content (AvgIpc) is 3.03. The van der Waals surface area contributed by atoms with Crippen LogP contribution in [0.1, 0.15) is 17.0 Å². The summed E-state index contributed by atoms with van der Waals surface area (Å²) in [5.41, 5.74) is 1.56. The van der Waals surface area contributed by atoms with Crippen molar-refractivity contribution in [2.24, 2.45) is 0 Å². The first kappa shape index (κ1) is 21.1. The summed E-state index contributed by atoms with van der Waals surface area (Å²) < 4.78 is 35.9. The van der Waals surface area contributed by atoms with Crippen molar-refractivity contribution in [3.8, 4) is 17.2 Å². The molecule has 0 fully saturated rings. The zero-order valence-corrected chi connectivity index (χ0v) is 17.6. The Hall–Kier alpha value is -2.64. The Labute approximate surface area is 174 Å². The maximum atomic E-state index is 12.5. The first-order chi connectivity index (χ1) is 13.8. The largest absolute Gasteiger partial charge is 0.497 e. The Morgan fingerprint density at radius 3 is 2.66 bits per heavy atom. The third-order valence-corrected chi connectivity index (χ3v) is 6.14. The molecule has 1 heterocycles. The number of benzene rings is 2. The summed E-state index contributed by atoms with van der Waals surface area (Å²) in [4.78, 5) is 16.6. The van der Waals surface area contributed by atoms with Crippen molar-refractivity contribution >= 4 is 27.2 Å². The number of carbonyl (C=O) groups is 1. The molecule has 152 valence electrons. The number of aromatic nitrogens is 1. The van der Waals surface area contributed by atoms with E-state index in [-0.39, 0.29) is 17.9 Å². The minimum Gasteiger partial charge on any atom is -0.497 e. The SMILES string of the molecule is COc1cccc(-c2nc(CS(=O)(=O)CC(=O)Cc3ccccc3Cl)c(C)o2)c1. The molecule has 0 unspecified atom stereocenters. The topological polar surface area (TPSA) is 86.5 Å². The number of nitrogens with zero attached hydrogens (tertiary/aromatic N) is 1. The van der Waals surface area contributed by atoms with Crippen LogP contribution in [0.4, 0.5) is 0 Å². The van der Waals surface area contributed by atoms with Crippen LogP contribution in [0.2, 0.25) is 5.02 Å². The van der Waals surface area contributed by atoms with E-state index in [0.29, 0.717) is 33.6 Å². The summed E-state index contributed by atoms with van der Waals surface area (Å²) in [6.45, 7) is 1.65. The number of oxazole rings is 1. The van der Waals surface area contributed by atoms with Gasteiger partial charge in [-0.15, -0.1) is 0 Å². The predicted octanol–water partition coefficient (Wildman–Crippen LogP) is 4.04. The maximum Gasteiger partial charge on any atom is 0.226 e. The van der Waals surface area contributed by atoms with Crippen molar-refractivity contribution in [3.63, 3.8) is 0 Å². The quantitative estimate of drug-likeness (QED) is 0.532. The molecule has 0 bridgehead atoms. The lowest BCUT2D eigenvalue weighted by molar-refractivity contribution is -0.116. The molecule has 0 aliphatic rings. The van der Waals surface area contributed by atoms with E-state index < -0.39 is 21.4 Å². The average molecular weight is 434 g/mol. The highest BCUT2D eigenvalue weighted by atomic mass is 35.5. The number of rotatable bonds is 8. The van der Waals surface area contributed by atoms with Crippen molar-refractivity contribution < 1.29 is 22.4 Å². The Kier molecular flexibility index (Phi) is 6.39. The molecule has 0 radical (unpaired) electrons. The van der Waals surface area contributed by atoms with Crippen molar-refractivity contribution in [1.29, 1.82) is 0 Å². The van der Waals surface area contributed by atoms with Crippen LogP contribution in [0.15, 0.2) is 52.9 Å². The summed E-state index contributed by atoms with van der Waals surface area (Å²) in [7, 11) is -2.16. The Balaban J connectivity index is 1.72. The van der Waals surface area contributed by atoms with Gasteiger partial charge in [0.05, 0.1) is 18.6 Å². The van der Waals surface area contributed by atoms with E-state index in [4.69, 9.17) is 20.8 Å². The van der Waals surface area contributed by atoms with Crippen molar-refractivity contribution in [1.82, 2.24) is 4.98 Å². The smallest absolute Gasteiger partial charge is 0.226 e. The number of carbonyl (C=O) groups excluding carboxylic acids is 1. The van der Waals surface area contributed by atoms with Gasteiger partial charge in [0.25, 0.3) is 0 Å². The number of ketones is 1. The van der Waals surface area contributed by atoms with Gasteiger partial charge >= 0.3 is 0 Å². The summed E-state index contributed by atoms with van der Waals surface area (Å²) in [6.07, 6.45) is -0.0360. The van der Waals surface area contributed by atoms with Crippen LogP contribution in [0.5, 0.6) is 5.75 Å². The first-order valence-electron chi connectivity index (χ1n) is 8.83. The number of halogens is 1. The maximum absolute atomic E-state index is 12.5. The molecule has 0 amide bonds. The summed E-state index contributed by atoms with van der Waals surface area (Å²) >= 11 is 6.04. The van der Waals surface area contributed by atoms with Gasteiger partial charge < -0.3 is 9.15 Å². The lowest BCUT2D eigenvalue weighted by atomic mass is 10.1. The van der Waals surface area contributed by atoms with Gasteiger partial charge in [0.15, 0.2) is 15.6 Å². The minimum absolute atomic E-state index is 0.0360. The second-order valence-corrected chi connectivity index (χ2v) is 9.06. The predicted molar refractivity (Wildman–Crippen MR) is 111 cm³/mol. The molecular weight excluding hydrogens is 414 g/mol.